The molecule has 1 fully saturated rings. The summed E-state index contributed by atoms with van der Waals surface area (Å²) in [5, 5.41) is -0.00323. The fraction of sp³-hybridized carbons (Fsp3) is 0.758. The van der Waals surface area contributed by atoms with E-state index >= 15 is 0 Å². The first-order valence-electron chi connectivity index (χ1n) is 15.6. The van der Waals surface area contributed by atoms with Crippen LogP contribution < -0.4 is 4.74 Å². The van der Waals surface area contributed by atoms with Crippen LogP contribution in [0.15, 0.2) is 24.3 Å². The van der Waals surface area contributed by atoms with Crippen LogP contribution in [0.3, 0.4) is 0 Å². The molecule has 0 amide bonds. The molecule has 240 valence electrons. The Bertz CT molecular complexity index is 992. The molecule has 42 heavy (non-hydrogen) atoms. The molecule has 0 spiro atoms. The summed E-state index contributed by atoms with van der Waals surface area (Å²) < 4.78 is 30.7. The molecule has 9 heteroatoms. The maximum Gasteiger partial charge on any atom is 0.313 e. The molecule has 1 saturated carbocycles. The van der Waals surface area contributed by atoms with Gasteiger partial charge in [0.2, 0.25) is 8.32 Å². The van der Waals surface area contributed by atoms with Crippen molar-refractivity contribution in [3.63, 3.8) is 0 Å². The van der Waals surface area contributed by atoms with E-state index in [4.69, 9.17) is 23.1 Å². The van der Waals surface area contributed by atoms with Gasteiger partial charge < -0.3 is 23.1 Å². The minimum atomic E-state index is -2.35. The normalized spacial score (nSPS) is 21.5. The van der Waals surface area contributed by atoms with Gasteiger partial charge >= 0.3 is 5.97 Å². The summed E-state index contributed by atoms with van der Waals surface area (Å²) in [6.45, 7) is 25.7. The Balaban J connectivity index is 2.42. The summed E-state index contributed by atoms with van der Waals surface area (Å²) >= 11 is 0. The largest absolute Gasteiger partial charge is 0.497 e. The van der Waals surface area contributed by atoms with E-state index in [1.165, 1.54) is 7.11 Å². The van der Waals surface area contributed by atoms with Crippen molar-refractivity contribution in [2.24, 2.45) is 11.8 Å². The molecule has 0 aliphatic heterocycles. The van der Waals surface area contributed by atoms with Crippen LogP contribution in [0.5, 0.6) is 5.75 Å². The number of carbonyl (C=O) groups excluding carboxylic acids is 2. The van der Waals surface area contributed by atoms with E-state index in [-0.39, 0.29) is 35.4 Å². The highest BCUT2D eigenvalue weighted by Gasteiger charge is 2.61. The highest BCUT2D eigenvalue weighted by molar-refractivity contribution is 6.77. The van der Waals surface area contributed by atoms with Crippen LogP contribution in [0.4, 0.5) is 0 Å². The lowest BCUT2D eigenvalue weighted by molar-refractivity contribution is -0.169. The van der Waals surface area contributed by atoms with Crippen molar-refractivity contribution in [3.8, 4) is 5.75 Å². The van der Waals surface area contributed by atoms with Crippen molar-refractivity contribution in [1.29, 1.82) is 0 Å². The quantitative estimate of drug-likeness (QED) is 0.0801. The van der Waals surface area contributed by atoms with Crippen LogP contribution in [0.25, 0.3) is 0 Å². The van der Waals surface area contributed by atoms with Crippen LogP contribution in [0, 0.1) is 11.8 Å². The maximum absolute atomic E-state index is 13.8. The van der Waals surface area contributed by atoms with Gasteiger partial charge in [-0.2, -0.15) is 0 Å². The fourth-order valence-electron chi connectivity index (χ4n) is 6.44. The molecule has 7 nitrogen and oxygen atoms in total. The summed E-state index contributed by atoms with van der Waals surface area (Å²) in [6.07, 6.45) is -0.227. The molecule has 0 unspecified atom stereocenters. The smallest absolute Gasteiger partial charge is 0.313 e. The third-order valence-corrected chi connectivity index (χ3v) is 20.4. The van der Waals surface area contributed by atoms with Crippen molar-refractivity contribution in [3.05, 3.63) is 29.8 Å². The molecular formula is C33H58O7Si2. The van der Waals surface area contributed by atoms with E-state index in [0.29, 0.717) is 36.3 Å². The van der Waals surface area contributed by atoms with Gasteiger partial charge in [0.1, 0.15) is 18.0 Å². The average molecular weight is 623 g/mol. The highest BCUT2D eigenvalue weighted by Crippen LogP contribution is 2.52. The van der Waals surface area contributed by atoms with E-state index in [2.05, 4.69) is 75.4 Å². The summed E-state index contributed by atoms with van der Waals surface area (Å²) in [5.74, 6) is -0.370. The molecular weight excluding hydrogens is 565 g/mol. The van der Waals surface area contributed by atoms with Gasteiger partial charge in [-0.3, -0.25) is 9.59 Å². The van der Waals surface area contributed by atoms with Crippen LogP contribution >= 0.6 is 0 Å². The van der Waals surface area contributed by atoms with Gasteiger partial charge in [0, 0.05) is 12.5 Å². The molecule has 1 aromatic carbocycles. The Kier molecular flexibility index (Phi) is 13.1. The Morgan fingerprint density at radius 2 is 1.40 bits per heavy atom. The Morgan fingerprint density at radius 1 is 0.857 bits per heavy atom. The molecule has 1 aromatic rings. The van der Waals surface area contributed by atoms with E-state index in [9.17, 15) is 9.59 Å². The summed E-state index contributed by atoms with van der Waals surface area (Å²) in [5.41, 5.74) is 2.12. The molecule has 1 aliphatic rings. The maximum atomic E-state index is 13.8. The standard InChI is InChI=1S/C33H58O7Si2/c1-22(2)42(23(3)4,24(5)6)40-32-30(28(34)20-29(35)37-11)27(31(32)39-41(12,13)33(7,8)9)18-19-38-21-25-14-16-26(36-10)17-15-25/h14-17,22-24,27,30-32H,18-21H2,1-13H3/t27-,30+,31-,32-/m1/s1. The first kappa shape index (κ1) is 36.7. The second kappa shape index (κ2) is 15.0. The van der Waals surface area contributed by atoms with Crippen molar-refractivity contribution < 1.29 is 32.7 Å². The molecule has 0 radical (unpaired) electrons. The minimum absolute atomic E-state index is 0.00323. The molecule has 0 heterocycles. The minimum Gasteiger partial charge on any atom is -0.497 e. The SMILES string of the molecule is COC(=O)CC(=O)[C@@H]1[C@@H](CCOCc2ccc(OC)cc2)[C@@H](O[Si](C)(C)C(C)(C)C)[C@@H]1O[Si](C(C)C)(C(C)C)C(C)C. The molecule has 0 N–H and O–H groups in total. The first-order chi connectivity index (χ1) is 19.4. The van der Waals surface area contributed by atoms with E-state index in [0.717, 1.165) is 11.3 Å². The highest BCUT2D eigenvalue weighted by atomic mass is 28.4. The first-order valence-corrected chi connectivity index (χ1v) is 20.6. The van der Waals surface area contributed by atoms with Crippen molar-refractivity contribution in [2.45, 2.75) is 129 Å². The third-order valence-electron chi connectivity index (χ3n) is 9.79. The molecule has 1 aliphatic carbocycles. The molecule has 0 aromatic heterocycles. The lowest BCUT2D eigenvalue weighted by Gasteiger charge is -2.58. The second-order valence-electron chi connectivity index (χ2n) is 14.3. The lowest BCUT2D eigenvalue weighted by atomic mass is 9.64. The predicted molar refractivity (Wildman–Crippen MR) is 174 cm³/mol. The Labute approximate surface area is 257 Å². The van der Waals surface area contributed by atoms with Gasteiger partial charge in [-0.1, -0.05) is 74.4 Å². The number of esters is 1. The van der Waals surface area contributed by atoms with Crippen LogP contribution in [0.2, 0.25) is 34.8 Å². The van der Waals surface area contributed by atoms with Crippen molar-refractivity contribution >= 4 is 28.4 Å². The van der Waals surface area contributed by atoms with E-state index in [1.54, 1.807) is 7.11 Å². The van der Waals surface area contributed by atoms with Crippen LogP contribution in [-0.4, -0.2) is 61.4 Å². The van der Waals surface area contributed by atoms with Crippen LogP contribution in [-0.2, 0) is 34.5 Å². The zero-order valence-corrected chi connectivity index (χ0v) is 30.5. The van der Waals surface area contributed by atoms with Crippen molar-refractivity contribution in [2.75, 3.05) is 20.8 Å². The average Bonchev–Trinajstić information content (AvgIpc) is 2.89. The lowest BCUT2D eigenvalue weighted by Crippen LogP contribution is -2.68. The van der Waals surface area contributed by atoms with Gasteiger partial charge in [-0.05, 0) is 58.9 Å². The Morgan fingerprint density at radius 3 is 1.86 bits per heavy atom. The van der Waals surface area contributed by atoms with Gasteiger partial charge in [-0.25, -0.2) is 0 Å². The number of Topliss-reactive ketones (excluding diaryl/α,β-unsaturated/α-hetero) is 1. The van der Waals surface area contributed by atoms with Gasteiger partial charge in [0.25, 0.3) is 0 Å². The number of hydrogen-bond acceptors (Lipinski definition) is 7. The molecule has 4 atom stereocenters. The van der Waals surface area contributed by atoms with E-state index in [1.807, 2.05) is 24.3 Å². The van der Waals surface area contributed by atoms with Gasteiger partial charge in [0.15, 0.2) is 8.32 Å². The number of ether oxygens (including phenoxy) is 3. The third kappa shape index (κ3) is 8.34. The number of ketones is 1. The number of rotatable bonds is 16. The Hall–Kier alpha value is -1.53. The summed E-state index contributed by atoms with van der Waals surface area (Å²) in [4.78, 5) is 26.0. The van der Waals surface area contributed by atoms with Gasteiger partial charge in [0.05, 0.1) is 39.0 Å². The van der Waals surface area contributed by atoms with E-state index < -0.39 is 28.5 Å². The number of methoxy groups -OCH3 is 2. The number of benzene rings is 1. The van der Waals surface area contributed by atoms with Crippen molar-refractivity contribution in [1.82, 2.24) is 0 Å². The zero-order valence-electron chi connectivity index (χ0n) is 28.5. The molecule has 2 rings (SSSR count). The fourth-order valence-corrected chi connectivity index (χ4v) is 13.3. The second-order valence-corrected chi connectivity index (χ2v) is 24.5. The molecule has 0 saturated heterocycles. The van der Waals surface area contributed by atoms with Gasteiger partial charge in [-0.15, -0.1) is 0 Å². The predicted octanol–water partition coefficient (Wildman–Crippen LogP) is 7.93. The topological polar surface area (TPSA) is 80.3 Å². The number of carbonyl (C=O) groups is 2. The summed E-state index contributed by atoms with van der Waals surface area (Å²) in [7, 11) is -1.59. The monoisotopic (exact) mass is 622 g/mol. The molecule has 0 bridgehead atoms. The zero-order chi connectivity index (χ0) is 32.0. The van der Waals surface area contributed by atoms with Crippen LogP contribution in [0.1, 0.15) is 80.7 Å². The number of hydrogen-bond donors (Lipinski definition) is 0. The summed E-state index contributed by atoms with van der Waals surface area (Å²) in [6, 6.07) is 7.83.